The molecule has 0 heterocycles. The van der Waals surface area contributed by atoms with E-state index in [1.807, 2.05) is 0 Å². The van der Waals surface area contributed by atoms with Crippen molar-refractivity contribution >= 4 is 12.4 Å². The Morgan fingerprint density at radius 2 is 0.667 bits per heavy atom. The molecule has 0 saturated carbocycles. The van der Waals surface area contributed by atoms with Gasteiger partial charge in [0.05, 0.1) is 23.6 Å². The summed E-state index contributed by atoms with van der Waals surface area (Å²) in [6.07, 6.45) is 1.23. The van der Waals surface area contributed by atoms with Gasteiger partial charge in [0.25, 0.3) is 0 Å². The van der Waals surface area contributed by atoms with Crippen LogP contribution in [0.4, 0.5) is 43.9 Å². The second-order valence-electron chi connectivity index (χ2n) is 5.15. The maximum atomic E-state index is 13.3. The van der Waals surface area contributed by atoms with Gasteiger partial charge in [-0.05, 0) is 0 Å². The third-order valence-corrected chi connectivity index (χ3v) is 3.36. The summed E-state index contributed by atoms with van der Waals surface area (Å²) in [7, 11) is 0. The monoisotopic (exact) mass is 448 g/mol. The summed E-state index contributed by atoms with van der Waals surface area (Å²) in [5, 5.41) is 6.01. The topological polar surface area (TPSA) is 43.2 Å². The van der Waals surface area contributed by atoms with Crippen molar-refractivity contribution in [3.63, 3.8) is 0 Å². The molecule has 0 aromatic heterocycles. The second-order valence-corrected chi connectivity index (χ2v) is 5.15. The molecule has 0 aliphatic carbocycles. The Hall–Kier alpha value is -3.32. The van der Waals surface area contributed by atoms with Crippen molar-refractivity contribution in [3.05, 3.63) is 69.3 Å². The number of benzene rings is 2. The highest BCUT2D eigenvalue weighted by Gasteiger charge is 2.26. The molecule has 2 aromatic rings. The standard InChI is InChI=1S/C16H6F10N2O2/c17-7-5(8(18)12(22)15(25)11(7)21)3-29-27-1-2-28-30-4-6-9(19)13(23)16(26)14(24)10(6)20/h1-2H,3-4H2/b27-1-,28-2-. The van der Waals surface area contributed by atoms with Gasteiger partial charge in [-0.25, -0.2) is 43.9 Å². The molecule has 0 aliphatic heterocycles. The van der Waals surface area contributed by atoms with Gasteiger partial charge in [-0.3, -0.25) is 0 Å². The Labute approximate surface area is 160 Å². The van der Waals surface area contributed by atoms with Gasteiger partial charge in [0.2, 0.25) is 11.6 Å². The number of hydrogen-bond donors (Lipinski definition) is 0. The molecule has 0 aliphatic rings. The maximum Gasteiger partial charge on any atom is 0.200 e. The summed E-state index contributed by atoms with van der Waals surface area (Å²) < 4.78 is 131. The van der Waals surface area contributed by atoms with Crippen LogP contribution >= 0.6 is 0 Å². The molecule has 0 fully saturated rings. The van der Waals surface area contributed by atoms with Crippen molar-refractivity contribution in [3.8, 4) is 0 Å². The Balaban J connectivity index is 1.93. The summed E-state index contributed by atoms with van der Waals surface area (Å²) in [6, 6.07) is 0. The summed E-state index contributed by atoms with van der Waals surface area (Å²) >= 11 is 0. The van der Waals surface area contributed by atoms with Gasteiger partial charge in [0, 0.05) is 0 Å². The molecule has 0 amide bonds. The predicted molar refractivity (Wildman–Crippen MR) is 79.0 cm³/mol. The van der Waals surface area contributed by atoms with Gasteiger partial charge in [-0.2, -0.15) is 0 Å². The van der Waals surface area contributed by atoms with Gasteiger partial charge in [-0.1, -0.05) is 10.3 Å². The molecular formula is C16H6F10N2O2. The van der Waals surface area contributed by atoms with E-state index in [0.717, 1.165) is 0 Å². The largest absolute Gasteiger partial charge is 0.391 e. The third-order valence-electron chi connectivity index (χ3n) is 3.36. The van der Waals surface area contributed by atoms with Crippen LogP contribution in [0, 0.1) is 58.2 Å². The number of oxime groups is 2. The summed E-state index contributed by atoms with van der Waals surface area (Å²) in [4.78, 5) is 8.61. The normalized spacial score (nSPS) is 11.7. The lowest BCUT2D eigenvalue weighted by molar-refractivity contribution is 0.122. The van der Waals surface area contributed by atoms with E-state index in [1.165, 1.54) is 0 Å². The lowest BCUT2D eigenvalue weighted by atomic mass is 10.2. The molecule has 0 unspecified atom stereocenters. The molecule has 0 N–H and O–H groups in total. The first-order chi connectivity index (χ1) is 14.1. The van der Waals surface area contributed by atoms with E-state index in [1.54, 1.807) is 0 Å². The van der Waals surface area contributed by atoms with Crippen LogP contribution in [0.3, 0.4) is 0 Å². The van der Waals surface area contributed by atoms with Crippen molar-refractivity contribution in [2.75, 3.05) is 0 Å². The lowest BCUT2D eigenvalue weighted by Gasteiger charge is -2.06. The van der Waals surface area contributed by atoms with Crippen molar-refractivity contribution in [2.24, 2.45) is 10.3 Å². The van der Waals surface area contributed by atoms with Crippen LogP contribution in [0.2, 0.25) is 0 Å². The Morgan fingerprint density at radius 1 is 0.433 bits per heavy atom. The van der Waals surface area contributed by atoms with Crippen LogP contribution in [0.15, 0.2) is 10.3 Å². The van der Waals surface area contributed by atoms with Crippen LogP contribution in [0.5, 0.6) is 0 Å². The summed E-state index contributed by atoms with van der Waals surface area (Å²) in [5.74, 6) is -21.9. The molecule has 0 radical (unpaired) electrons. The van der Waals surface area contributed by atoms with Crippen molar-refractivity contribution in [1.29, 1.82) is 0 Å². The van der Waals surface area contributed by atoms with Crippen molar-refractivity contribution < 1.29 is 53.6 Å². The van der Waals surface area contributed by atoms with E-state index in [-0.39, 0.29) is 0 Å². The Morgan fingerprint density at radius 3 is 0.933 bits per heavy atom. The molecule has 0 atom stereocenters. The van der Waals surface area contributed by atoms with Crippen LogP contribution in [0.1, 0.15) is 11.1 Å². The number of hydrogen-bond acceptors (Lipinski definition) is 4. The Kier molecular flexibility index (Phi) is 7.24. The highest BCUT2D eigenvalue weighted by atomic mass is 19.2. The number of halogens is 10. The van der Waals surface area contributed by atoms with Crippen molar-refractivity contribution in [1.82, 2.24) is 0 Å². The van der Waals surface area contributed by atoms with Crippen LogP contribution in [-0.4, -0.2) is 12.4 Å². The fourth-order valence-corrected chi connectivity index (χ4v) is 1.90. The first-order valence-electron chi connectivity index (χ1n) is 7.39. The first kappa shape index (κ1) is 23.0. The molecule has 0 saturated heterocycles. The molecule has 14 heteroatoms. The van der Waals surface area contributed by atoms with E-state index in [2.05, 4.69) is 20.0 Å². The molecule has 162 valence electrons. The maximum absolute atomic E-state index is 13.3. The minimum absolute atomic E-state index is 0.616. The average molecular weight is 448 g/mol. The van der Waals surface area contributed by atoms with Crippen LogP contribution in [-0.2, 0) is 22.9 Å². The number of rotatable bonds is 7. The SMILES string of the molecule is Fc1c(F)c(F)c(CO/N=C\C=N/OCc2c(F)c(F)c(F)c(F)c2F)c(F)c1F. The zero-order chi connectivity index (χ0) is 22.6. The van der Waals surface area contributed by atoms with Gasteiger partial charge in [-0.15, -0.1) is 0 Å². The Bertz CT molecular complexity index is 887. The minimum atomic E-state index is -2.35. The summed E-state index contributed by atoms with van der Waals surface area (Å²) in [5.41, 5.74) is -2.61. The molecular weight excluding hydrogens is 442 g/mol. The highest BCUT2D eigenvalue weighted by molar-refractivity contribution is 6.15. The highest BCUT2D eigenvalue weighted by Crippen LogP contribution is 2.24. The van der Waals surface area contributed by atoms with E-state index in [9.17, 15) is 43.9 Å². The zero-order valence-corrected chi connectivity index (χ0v) is 14.1. The lowest BCUT2D eigenvalue weighted by Crippen LogP contribution is -2.08. The van der Waals surface area contributed by atoms with Crippen molar-refractivity contribution in [2.45, 2.75) is 13.2 Å². The zero-order valence-electron chi connectivity index (χ0n) is 14.1. The number of nitrogens with zero attached hydrogens (tertiary/aromatic N) is 2. The molecule has 0 bridgehead atoms. The van der Waals surface area contributed by atoms with Crippen LogP contribution in [0.25, 0.3) is 0 Å². The van der Waals surface area contributed by atoms with Gasteiger partial charge in [0.1, 0.15) is 13.2 Å². The first-order valence-corrected chi connectivity index (χ1v) is 7.39. The van der Waals surface area contributed by atoms with E-state index >= 15 is 0 Å². The van der Waals surface area contributed by atoms with Gasteiger partial charge >= 0.3 is 0 Å². The van der Waals surface area contributed by atoms with E-state index in [4.69, 9.17) is 0 Å². The molecule has 2 aromatic carbocycles. The average Bonchev–Trinajstić information content (AvgIpc) is 2.73. The van der Waals surface area contributed by atoms with E-state index in [0.29, 0.717) is 12.4 Å². The predicted octanol–water partition coefficient (Wildman–Crippen LogP) is 4.78. The minimum Gasteiger partial charge on any atom is -0.391 e. The fourth-order valence-electron chi connectivity index (χ4n) is 1.90. The second kappa shape index (κ2) is 9.45. The van der Waals surface area contributed by atoms with E-state index < -0.39 is 82.5 Å². The van der Waals surface area contributed by atoms with Gasteiger partial charge in [0.15, 0.2) is 46.5 Å². The fraction of sp³-hybridized carbons (Fsp3) is 0.125. The van der Waals surface area contributed by atoms with Crippen LogP contribution < -0.4 is 0 Å². The molecule has 2 rings (SSSR count). The molecule has 0 spiro atoms. The third kappa shape index (κ3) is 4.46. The molecule has 4 nitrogen and oxygen atoms in total. The summed E-state index contributed by atoms with van der Waals surface area (Å²) in [6.45, 7) is -2.33. The van der Waals surface area contributed by atoms with Gasteiger partial charge < -0.3 is 9.68 Å². The smallest absolute Gasteiger partial charge is 0.200 e. The molecule has 30 heavy (non-hydrogen) atoms. The quantitative estimate of drug-likeness (QED) is 0.201.